The van der Waals surface area contributed by atoms with E-state index in [0.29, 0.717) is 55.9 Å². The molecular weight excluding hydrogens is 498 g/mol. The van der Waals surface area contributed by atoms with E-state index in [1.165, 1.54) is 6.26 Å². The number of ether oxygens (including phenoxy) is 2. The van der Waals surface area contributed by atoms with Crippen molar-refractivity contribution in [2.75, 3.05) is 44.0 Å². The number of hydrogen-bond acceptors (Lipinski definition) is 7. The predicted octanol–water partition coefficient (Wildman–Crippen LogP) is 3.73. The van der Waals surface area contributed by atoms with Crippen LogP contribution in [0.25, 0.3) is 0 Å². The van der Waals surface area contributed by atoms with Gasteiger partial charge in [0.25, 0.3) is 0 Å². The predicted molar refractivity (Wildman–Crippen MR) is 128 cm³/mol. The summed E-state index contributed by atoms with van der Waals surface area (Å²) >= 11 is 3.50. The molecule has 1 amide bonds. The van der Waals surface area contributed by atoms with E-state index < -0.39 is 26.3 Å². The zero-order valence-corrected chi connectivity index (χ0v) is 22.0. The first-order chi connectivity index (χ1) is 14.9. The number of sulfone groups is 1. The van der Waals surface area contributed by atoms with Gasteiger partial charge in [0.1, 0.15) is 20.8 Å². The van der Waals surface area contributed by atoms with Crippen LogP contribution in [0.4, 0.5) is 10.6 Å². The molecule has 0 bridgehead atoms. The first-order valence-electron chi connectivity index (χ1n) is 11.1. The van der Waals surface area contributed by atoms with Crippen LogP contribution in [0.15, 0.2) is 16.7 Å². The van der Waals surface area contributed by atoms with E-state index in [-0.39, 0.29) is 6.04 Å². The first kappa shape index (κ1) is 25.2. The summed E-state index contributed by atoms with van der Waals surface area (Å²) in [5.41, 5.74) is 0.114. The molecule has 0 aliphatic carbocycles. The van der Waals surface area contributed by atoms with E-state index in [0.717, 1.165) is 12.2 Å². The van der Waals surface area contributed by atoms with Crippen molar-refractivity contribution in [3.63, 3.8) is 0 Å². The molecule has 0 radical (unpaired) electrons. The summed E-state index contributed by atoms with van der Waals surface area (Å²) in [5.74, 6) is 0.752. The molecule has 2 aliphatic heterocycles. The number of rotatable bonds is 4. The second kappa shape index (κ2) is 9.46. The maximum absolute atomic E-state index is 13.1. The molecule has 1 aromatic rings. The number of likely N-dealkylation sites (tertiary alicyclic amines) is 1. The Labute approximate surface area is 199 Å². The highest BCUT2D eigenvalue weighted by molar-refractivity contribution is 9.10. The van der Waals surface area contributed by atoms with Gasteiger partial charge in [0.15, 0.2) is 9.84 Å². The number of halogens is 1. The highest BCUT2D eigenvalue weighted by Gasteiger charge is 2.47. The van der Waals surface area contributed by atoms with Crippen molar-refractivity contribution in [1.82, 2.24) is 9.88 Å². The molecule has 32 heavy (non-hydrogen) atoms. The smallest absolute Gasteiger partial charge is 0.410 e. The molecule has 0 aromatic carbocycles. The minimum Gasteiger partial charge on any atom is -0.444 e. The largest absolute Gasteiger partial charge is 0.444 e. The average Bonchev–Trinajstić information content (AvgIpc) is 2.71. The molecule has 1 aromatic heterocycles. The summed E-state index contributed by atoms with van der Waals surface area (Å²) in [5, 5.41) is 0. The van der Waals surface area contributed by atoms with Gasteiger partial charge in [0.2, 0.25) is 0 Å². The van der Waals surface area contributed by atoms with E-state index >= 15 is 0 Å². The zero-order valence-electron chi connectivity index (χ0n) is 19.6. The number of carbonyl (C=O) groups excluding carboxylic acids is 1. The van der Waals surface area contributed by atoms with Crippen LogP contribution >= 0.6 is 15.9 Å². The van der Waals surface area contributed by atoms with Crippen molar-refractivity contribution in [2.24, 2.45) is 0 Å². The topological polar surface area (TPSA) is 89.0 Å². The molecule has 2 saturated heterocycles. The highest BCUT2D eigenvalue weighted by Crippen LogP contribution is 2.42. The fourth-order valence-corrected chi connectivity index (χ4v) is 6.34. The lowest BCUT2D eigenvalue weighted by atomic mass is 9.88. The Bertz CT molecular complexity index is 939. The number of anilines is 1. The summed E-state index contributed by atoms with van der Waals surface area (Å²) in [7, 11) is -3.48. The Hall–Kier alpha value is -1.39. The zero-order chi connectivity index (χ0) is 23.7. The van der Waals surface area contributed by atoms with Crippen molar-refractivity contribution < 1.29 is 22.7 Å². The number of pyridine rings is 1. The van der Waals surface area contributed by atoms with E-state index in [9.17, 15) is 13.2 Å². The lowest BCUT2D eigenvalue weighted by Crippen LogP contribution is -2.50. The van der Waals surface area contributed by atoms with Crippen molar-refractivity contribution in [3.8, 4) is 0 Å². The molecule has 10 heteroatoms. The molecule has 0 spiro atoms. The van der Waals surface area contributed by atoms with Crippen LogP contribution in [0.1, 0.15) is 52.5 Å². The standard InChI is InChI=1S/C22H34BrN3O5S/c1-6-17-15-30-12-11-26(17)19-14-16(13-18(23)24-19)22(32(5,28)29)7-9-25(10-8-22)20(27)31-21(2,3)4/h13-14,17H,6-12,15H2,1-5H3. The molecule has 1 unspecified atom stereocenters. The minimum absolute atomic E-state index is 0.196. The molecular formula is C22H34BrN3O5S. The van der Waals surface area contributed by atoms with E-state index in [1.807, 2.05) is 26.8 Å². The Morgan fingerprint density at radius 3 is 2.50 bits per heavy atom. The van der Waals surface area contributed by atoms with Crippen molar-refractivity contribution in [2.45, 2.75) is 63.3 Å². The van der Waals surface area contributed by atoms with Gasteiger partial charge in [0.05, 0.1) is 19.3 Å². The van der Waals surface area contributed by atoms with Gasteiger partial charge in [-0.25, -0.2) is 18.2 Å². The van der Waals surface area contributed by atoms with Gasteiger partial charge in [-0.05, 0) is 73.7 Å². The third-order valence-electron chi connectivity index (χ3n) is 6.23. The summed E-state index contributed by atoms with van der Waals surface area (Å²) in [4.78, 5) is 21.0. The summed E-state index contributed by atoms with van der Waals surface area (Å²) < 4.78 is 36.9. The molecule has 2 aliphatic rings. The van der Waals surface area contributed by atoms with Crippen LogP contribution in [-0.4, -0.2) is 75.1 Å². The molecule has 2 fully saturated rings. The minimum atomic E-state index is -3.48. The fourth-order valence-electron chi connectivity index (χ4n) is 4.44. The number of amides is 1. The fraction of sp³-hybridized carbons (Fsp3) is 0.727. The number of nitrogens with zero attached hydrogens (tertiary/aromatic N) is 3. The molecule has 3 heterocycles. The quantitative estimate of drug-likeness (QED) is 0.546. The molecule has 0 N–H and O–H groups in total. The second-order valence-corrected chi connectivity index (χ2v) is 12.7. The van der Waals surface area contributed by atoms with E-state index in [1.54, 1.807) is 11.0 Å². The number of carbonyl (C=O) groups is 1. The van der Waals surface area contributed by atoms with Crippen LogP contribution in [0.3, 0.4) is 0 Å². The normalized spacial score (nSPS) is 22.0. The second-order valence-electron chi connectivity index (χ2n) is 9.60. The first-order valence-corrected chi connectivity index (χ1v) is 13.7. The van der Waals surface area contributed by atoms with Gasteiger partial charge in [-0.2, -0.15) is 0 Å². The lowest BCUT2D eigenvalue weighted by molar-refractivity contribution is 0.0192. The number of morpholine rings is 1. The van der Waals surface area contributed by atoms with Crippen molar-refractivity contribution in [1.29, 1.82) is 0 Å². The highest BCUT2D eigenvalue weighted by atomic mass is 79.9. The van der Waals surface area contributed by atoms with Gasteiger partial charge in [0, 0.05) is 25.9 Å². The van der Waals surface area contributed by atoms with Gasteiger partial charge < -0.3 is 19.3 Å². The summed E-state index contributed by atoms with van der Waals surface area (Å²) in [6.45, 7) is 10.1. The maximum atomic E-state index is 13.1. The number of piperidine rings is 1. The van der Waals surface area contributed by atoms with E-state index in [2.05, 4.69) is 32.7 Å². The van der Waals surface area contributed by atoms with Crippen LogP contribution in [0.5, 0.6) is 0 Å². The van der Waals surface area contributed by atoms with Crippen molar-refractivity contribution in [3.05, 3.63) is 22.3 Å². The Balaban J connectivity index is 1.93. The molecule has 180 valence electrons. The lowest BCUT2D eigenvalue weighted by Gasteiger charge is -2.42. The third kappa shape index (κ3) is 5.39. The van der Waals surface area contributed by atoms with Crippen LogP contribution < -0.4 is 4.90 Å². The SMILES string of the molecule is CCC1COCCN1c1cc(C2(S(C)(=O)=O)CCN(C(=O)OC(C)(C)C)CC2)cc(Br)n1. The van der Waals surface area contributed by atoms with Crippen LogP contribution in [0, 0.1) is 0 Å². The van der Waals surface area contributed by atoms with Gasteiger partial charge in [-0.1, -0.05) is 6.92 Å². The van der Waals surface area contributed by atoms with Gasteiger partial charge >= 0.3 is 6.09 Å². The monoisotopic (exact) mass is 531 g/mol. The number of hydrogen-bond donors (Lipinski definition) is 0. The Morgan fingerprint density at radius 2 is 1.94 bits per heavy atom. The van der Waals surface area contributed by atoms with Gasteiger partial charge in [-0.3, -0.25) is 0 Å². The number of aromatic nitrogens is 1. The third-order valence-corrected chi connectivity index (χ3v) is 8.70. The molecule has 1 atom stereocenters. The average molecular weight is 533 g/mol. The van der Waals surface area contributed by atoms with Crippen molar-refractivity contribution >= 4 is 37.7 Å². The van der Waals surface area contributed by atoms with Gasteiger partial charge in [-0.15, -0.1) is 0 Å². The maximum Gasteiger partial charge on any atom is 0.410 e. The Morgan fingerprint density at radius 1 is 1.28 bits per heavy atom. The summed E-state index contributed by atoms with van der Waals surface area (Å²) in [6, 6.07) is 3.90. The van der Waals surface area contributed by atoms with E-state index in [4.69, 9.17) is 9.47 Å². The summed E-state index contributed by atoms with van der Waals surface area (Å²) in [6.07, 6.45) is 2.40. The molecule has 3 rings (SSSR count). The molecule has 0 saturated carbocycles. The Kier molecular flexibility index (Phi) is 7.46. The van der Waals surface area contributed by atoms with Crippen LogP contribution in [0.2, 0.25) is 0 Å². The molecule has 8 nitrogen and oxygen atoms in total. The van der Waals surface area contributed by atoms with Crippen LogP contribution in [-0.2, 0) is 24.1 Å².